The predicted octanol–water partition coefficient (Wildman–Crippen LogP) is 3.30. The van der Waals surface area contributed by atoms with Gasteiger partial charge in [-0.3, -0.25) is 19.3 Å². The molecule has 14 heteroatoms. The molecule has 0 saturated carbocycles. The van der Waals surface area contributed by atoms with Gasteiger partial charge in [0, 0.05) is 30.1 Å². The third kappa shape index (κ3) is 6.87. The second kappa shape index (κ2) is 13.0. The van der Waals surface area contributed by atoms with Crippen LogP contribution in [0.3, 0.4) is 0 Å². The lowest BCUT2D eigenvalue weighted by atomic mass is 9.81. The lowest BCUT2D eigenvalue weighted by molar-refractivity contribution is -0.111. The van der Waals surface area contributed by atoms with Crippen molar-refractivity contribution in [2.75, 3.05) is 45.7 Å². The molecule has 3 N–H and O–H groups in total. The summed E-state index contributed by atoms with van der Waals surface area (Å²) in [6.45, 7) is 10.1. The van der Waals surface area contributed by atoms with Crippen LogP contribution in [0.1, 0.15) is 67.1 Å². The summed E-state index contributed by atoms with van der Waals surface area (Å²) >= 11 is 0. The van der Waals surface area contributed by atoms with Gasteiger partial charge in [0.2, 0.25) is 5.82 Å². The number of pyridine rings is 1. The highest BCUT2D eigenvalue weighted by Crippen LogP contribution is 2.38. The van der Waals surface area contributed by atoms with E-state index in [4.69, 9.17) is 9.47 Å². The Kier molecular flexibility index (Phi) is 8.94. The standard InChI is InChI=1S/C35H41N9O5/c1-33(2,3)26-17-27(38-29(37-26)30(46)36-15-16-43(5)6)39-32(47)40-35(19-45)14-13-25(23-9-7-8-10-24(23)35)49-22-11-12-28-41-42-31(44(28)18-22)34(4)20-48-21-34/h7-14,17-19,25H,15-16,20-21H2,1-6H3,(H,36,46)(H2,37,38,39,40,47)/t25-,35-/m1/s1. The number of anilines is 1. The van der Waals surface area contributed by atoms with Gasteiger partial charge in [-0.25, -0.2) is 14.8 Å². The predicted molar refractivity (Wildman–Crippen MR) is 182 cm³/mol. The van der Waals surface area contributed by atoms with Crippen molar-refractivity contribution in [1.82, 2.24) is 40.1 Å². The minimum absolute atomic E-state index is 0.0682. The highest BCUT2D eigenvalue weighted by Gasteiger charge is 2.40. The number of ether oxygens (including phenoxy) is 2. The third-order valence-electron chi connectivity index (χ3n) is 8.56. The van der Waals surface area contributed by atoms with Crippen molar-refractivity contribution in [1.29, 1.82) is 0 Å². The van der Waals surface area contributed by atoms with Crippen LogP contribution in [0.2, 0.25) is 0 Å². The second-order valence-corrected chi connectivity index (χ2v) is 14.0. The molecule has 2 aliphatic rings. The van der Waals surface area contributed by atoms with Crippen LogP contribution in [0.25, 0.3) is 5.65 Å². The zero-order valence-electron chi connectivity index (χ0n) is 28.5. The zero-order chi connectivity index (χ0) is 35.0. The topological polar surface area (TPSA) is 165 Å². The van der Waals surface area contributed by atoms with Gasteiger partial charge in [-0.05, 0) is 50.9 Å². The van der Waals surface area contributed by atoms with Crippen molar-refractivity contribution in [2.45, 2.75) is 50.2 Å². The lowest BCUT2D eigenvalue weighted by Gasteiger charge is -2.36. The first-order valence-corrected chi connectivity index (χ1v) is 16.1. The fourth-order valence-corrected chi connectivity index (χ4v) is 5.74. The van der Waals surface area contributed by atoms with Crippen molar-refractivity contribution in [3.05, 3.63) is 89.3 Å². The largest absolute Gasteiger partial charge is 0.480 e. The van der Waals surface area contributed by atoms with E-state index in [-0.39, 0.29) is 17.1 Å². The highest BCUT2D eigenvalue weighted by atomic mass is 16.5. The Morgan fingerprint density at radius 1 is 1.12 bits per heavy atom. The van der Waals surface area contributed by atoms with Gasteiger partial charge in [0.1, 0.15) is 29.0 Å². The molecule has 49 heavy (non-hydrogen) atoms. The van der Waals surface area contributed by atoms with E-state index >= 15 is 0 Å². The Morgan fingerprint density at radius 3 is 2.59 bits per heavy atom. The number of aldehydes is 1. The molecule has 0 radical (unpaired) electrons. The number of nitrogens with one attached hydrogen (secondary N) is 3. The fourth-order valence-electron chi connectivity index (χ4n) is 5.74. The van der Waals surface area contributed by atoms with Crippen molar-refractivity contribution < 1.29 is 23.9 Å². The Morgan fingerprint density at radius 2 is 1.90 bits per heavy atom. The number of benzene rings is 1. The monoisotopic (exact) mass is 667 g/mol. The first kappa shape index (κ1) is 33.7. The molecule has 14 nitrogen and oxygen atoms in total. The molecule has 3 aromatic heterocycles. The van der Waals surface area contributed by atoms with Crippen LogP contribution in [0, 0.1) is 0 Å². The summed E-state index contributed by atoms with van der Waals surface area (Å²) in [6, 6.07) is 11.9. The van der Waals surface area contributed by atoms with E-state index in [9.17, 15) is 14.4 Å². The Hall–Kier alpha value is -5.21. The number of rotatable bonds is 10. The number of carbonyl (C=O) groups excluding carboxylic acids is 3. The zero-order valence-corrected chi connectivity index (χ0v) is 28.5. The molecule has 1 aliphatic carbocycles. The van der Waals surface area contributed by atoms with Gasteiger partial charge in [-0.2, -0.15) is 0 Å². The van der Waals surface area contributed by atoms with E-state index in [0.717, 1.165) is 5.82 Å². The maximum Gasteiger partial charge on any atom is 0.321 e. The van der Waals surface area contributed by atoms with Gasteiger partial charge in [0.25, 0.3) is 5.91 Å². The van der Waals surface area contributed by atoms with Crippen LogP contribution < -0.4 is 20.7 Å². The first-order chi connectivity index (χ1) is 23.3. The number of nitrogens with zero attached hydrogens (tertiary/aromatic N) is 6. The molecule has 0 unspecified atom stereocenters. The van der Waals surface area contributed by atoms with Gasteiger partial charge < -0.3 is 25.0 Å². The molecule has 0 bridgehead atoms. The molecule has 1 saturated heterocycles. The lowest BCUT2D eigenvalue weighted by Crippen LogP contribution is -2.49. The van der Waals surface area contributed by atoms with Gasteiger partial charge in [-0.15, -0.1) is 10.2 Å². The van der Waals surface area contributed by atoms with E-state index in [1.807, 2.05) is 74.6 Å². The number of urea groups is 1. The van der Waals surface area contributed by atoms with Crippen LogP contribution in [0.5, 0.6) is 5.75 Å². The Balaban J connectivity index is 1.23. The van der Waals surface area contributed by atoms with Crippen LogP contribution in [0.15, 0.2) is 60.8 Å². The van der Waals surface area contributed by atoms with Crippen LogP contribution in [-0.2, 0) is 25.9 Å². The number of amides is 3. The van der Waals surface area contributed by atoms with Crippen LogP contribution in [-0.4, -0.2) is 88.1 Å². The molecule has 256 valence electrons. The van der Waals surface area contributed by atoms with Gasteiger partial charge >= 0.3 is 6.03 Å². The summed E-state index contributed by atoms with van der Waals surface area (Å²) < 4.78 is 13.8. The maximum atomic E-state index is 13.5. The quantitative estimate of drug-likeness (QED) is 0.169. The van der Waals surface area contributed by atoms with Crippen LogP contribution in [0.4, 0.5) is 10.6 Å². The Bertz CT molecular complexity index is 1930. The summed E-state index contributed by atoms with van der Waals surface area (Å²) in [6.07, 6.45) is 5.33. The van der Waals surface area contributed by atoms with Crippen LogP contribution >= 0.6 is 0 Å². The molecular formula is C35H41N9O5. The minimum Gasteiger partial charge on any atom is -0.480 e. The second-order valence-electron chi connectivity index (χ2n) is 14.0. The number of hydrogen-bond acceptors (Lipinski definition) is 10. The Labute approximate surface area is 284 Å². The van der Waals surface area contributed by atoms with E-state index in [1.54, 1.807) is 30.4 Å². The number of aromatic nitrogens is 5. The van der Waals surface area contributed by atoms with E-state index < -0.39 is 29.0 Å². The maximum absolute atomic E-state index is 13.5. The van der Waals surface area contributed by atoms with Gasteiger partial charge in [-0.1, -0.05) is 45.0 Å². The minimum atomic E-state index is -1.50. The molecule has 3 amide bonds. The average molecular weight is 668 g/mol. The number of fused-ring (bicyclic) bond motifs is 2. The molecule has 1 aromatic carbocycles. The van der Waals surface area contributed by atoms with E-state index in [1.165, 1.54) is 0 Å². The summed E-state index contributed by atoms with van der Waals surface area (Å²) in [4.78, 5) is 50.0. The molecule has 6 rings (SSSR count). The molecule has 0 spiro atoms. The smallest absolute Gasteiger partial charge is 0.321 e. The van der Waals surface area contributed by atoms with Gasteiger partial charge in [0.15, 0.2) is 11.9 Å². The number of likely N-dealkylation sites (N-methyl/N-ethyl adjacent to an activating group) is 1. The van der Waals surface area contributed by atoms with E-state index in [0.29, 0.717) is 60.8 Å². The molecule has 1 fully saturated rings. The third-order valence-corrected chi connectivity index (χ3v) is 8.56. The van der Waals surface area contributed by atoms with E-state index in [2.05, 4.69) is 43.0 Å². The molecule has 2 atom stereocenters. The van der Waals surface area contributed by atoms with Crippen molar-refractivity contribution in [3.8, 4) is 5.75 Å². The molecule has 1 aliphatic heterocycles. The number of hydrogen-bond donors (Lipinski definition) is 3. The summed E-state index contributed by atoms with van der Waals surface area (Å²) in [5.74, 6) is 0.968. The van der Waals surface area contributed by atoms with Gasteiger partial charge in [0.05, 0.1) is 30.5 Å². The SMILES string of the molecule is CN(C)CCNC(=O)c1nc(NC(=O)N[C@@]2(C=O)C=C[C@@H](Oc3ccc4nnc(C5(C)COC5)n4c3)c3ccccc32)cc(C(C)(C)C)n1. The first-order valence-electron chi connectivity index (χ1n) is 16.1. The molecule has 4 aromatic rings. The number of carbonyl (C=O) groups is 3. The summed E-state index contributed by atoms with van der Waals surface area (Å²) in [5, 5.41) is 17.0. The highest BCUT2D eigenvalue weighted by molar-refractivity contribution is 5.94. The normalized spacial score (nSPS) is 19.5. The molecule has 4 heterocycles. The molecular weight excluding hydrogens is 626 g/mol. The summed E-state index contributed by atoms with van der Waals surface area (Å²) in [7, 11) is 3.81. The van der Waals surface area contributed by atoms with Crippen molar-refractivity contribution in [2.24, 2.45) is 0 Å². The summed E-state index contributed by atoms with van der Waals surface area (Å²) in [5.41, 5.74) is 0.340. The average Bonchev–Trinajstić information content (AvgIpc) is 3.47. The fraction of sp³-hybridized carbons (Fsp3) is 0.400. The van der Waals surface area contributed by atoms with Crippen molar-refractivity contribution in [3.63, 3.8) is 0 Å². The van der Waals surface area contributed by atoms with Crippen molar-refractivity contribution >= 4 is 29.7 Å².